The van der Waals surface area contributed by atoms with Crippen molar-refractivity contribution in [2.45, 2.75) is 20.0 Å². The summed E-state index contributed by atoms with van der Waals surface area (Å²) < 4.78 is 0. The fourth-order valence-electron chi connectivity index (χ4n) is 1.59. The Labute approximate surface area is 109 Å². The van der Waals surface area contributed by atoms with Gasteiger partial charge in [0.1, 0.15) is 0 Å². The van der Waals surface area contributed by atoms with Crippen LogP contribution in [0.15, 0.2) is 29.9 Å². The molecule has 0 bridgehead atoms. The maximum absolute atomic E-state index is 10.5. The molecule has 18 heavy (non-hydrogen) atoms. The summed E-state index contributed by atoms with van der Waals surface area (Å²) in [5.41, 5.74) is 3.27. The molecule has 0 unspecified atom stereocenters. The van der Waals surface area contributed by atoms with E-state index in [0.29, 0.717) is 6.54 Å². The molecule has 94 valence electrons. The summed E-state index contributed by atoms with van der Waals surface area (Å²) in [5.74, 6) is 0. The van der Waals surface area contributed by atoms with Crippen LogP contribution in [0.1, 0.15) is 16.7 Å². The van der Waals surface area contributed by atoms with Crippen LogP contribution in [0.4, 0.5) is 5.00 Å². The number of thiophene rings is 1. The molecule has 0 aliphatic rings. The monoisotopic (exact) mass is 263 g/mol. The van der Waals surface area contributed by atoms with Gasteiger partial charge < -0.3 is 5.32 Å². The highest BCUT2D eigenvalue weighted by molar-refractivity contribution is 7.13. The Balaban J connectivity index is 1.88. The summed E-state index contributed by atoms with van der Waals surface area (Å²) in [6.45, 7) is 3.38. The molecule has 0 aliphatic heterocycles. The molecule has 0 amide bonds. The first-order valence-corrected chi connectivity index (χ1v) is 6.37. The number of hydrogen-bond acceptors (Lipinski definition) is 5. The number of aromatic nitrogens is 1. The van der Waals surface area contributed by atoms with Crippen LogP contribution in [0, 0.1) is 17.0 Å². The summed E-state index contributed by atoms with van der Waals surface area (Å²) in [6.07, 6.45) is 3.59. The maximum Gasteiger partial charge on any atom is 0.324 e. The molecule has 0 spiro atoms. The third-order valence-corrected chi connectivity index (χ3v) is 3.53. The minimum atomic E-state index is -0.360. The quantitative estimate of drug-likeness (QED) is 0.665. The van der Waals surface area contributed by atoms with Crippen LogP contribution < -0.4 is 5.32 Å². The third kappa shape index (κ3) is 3.12. The van der Waals surface area contributed by atoms with Gasteiger partial charge in [-0.05, 0) is 29.7 Å². The van der Waals surface area contributed by atoms with Crippen molar-refractivity contribution in [2.75, 3.05) is 0 Å². The Kier molecular flexibility index (Phi) is 4.01. The van der Waals surface area contributed by atoms with Gasteiger partial charge in [-0.25, -0.2) is 0 Å². The van der Waals surface area contributed by atoms with Crippen molar-refractivity contribution in [3.8, 4) is 0 Å². The maximum atomic E-state index is 10.5. The lowest BCUT2D eigenvalue weighted by molar-refractivity contribution is -0.380. The van der Waals surface area contributed by atoms with E-state index in [2.05, 4.69) is 10.3 Å². The minimum Gasteiger partial charge on any atom is -0.309 e. The predicted octanol–water partition coefficient (Wildman–Crippen LogP) is 2.65. The lowest BCUT2D eigenvalue weighted by Gasteiger charge is -2.05. The molecule has 2 aromatic rings. The number of aryl methyl sites for hydroxylation is 1. The van der Waals surface area contributed by atoms with Crippen LogP contribution in [-0.2, 0) is 13.1 Å². The highest BCUT2D eigenvalue weighted by Gasteiger charge is 2.09. The zero-order valence-electron chi connectivity index (χ0n) is 9.92. The Bertz CT molecular complexity index is 554. The molecule has 2 rings (SSSR count). The average molecular weight is 263 g/mol. The number of hydrogen-bond donors (Lipinski definition) is 1. The molecule has 2 aromatic heterocycles. The lowest BCUT2D eigenvalue weighted by atomic mass is 10.1. The van der Waals surface area contributed by atoms with Crippen molar-refractivity contribution in [3.05, 3.63) is 56.7 Å². The number of nitrogens with zero attached hydrogens (tertiary/aromatic N) is 2. The second kappa shape index (κ2) is 5.70. The van der Waals surface area contributed by atoms with E-state index in [1.807, 2.05) is 24.6 Å². The summed E-state index contributed by atoms with van der Waals surface area (Å²) >= 11 is 1.16. The molecule has 2 heterocycles. The molecule has 0 fully saturated rings. The van der Waals surface area contributed by atoms with Crippen molar-refractivity contribution < 1.29 is 4.92 Å². The van der Waals surface area contributed by atoms with Gasteiger partial charge in [-0.2, -0.15) is 0 Å². The first-order valence-electron chi connectivity index (χ1n) is 5.49. The highest BCUT2D eigenvalue weighted by Crippen LogP contribution is 2.22. The zero-order valence-corrected chi connectivity index (χ0v) is 10.7. The van der Waals surface area contributed by atoms with Crippen LogP contribution in [0.2, 0.25) is 0 Å². The van der Waals surface area contributed by atoms with Crippen molar-refractivity contribution in [2.24, 2.45) is 0 Å². The van der Waals surface area contributed by atoms with Gasteiger partial charge in [0, 0.05) is 36.9 Å². The van der Waals surface area contributed by atoms with E-state index in [-0.39, 0.29) is 9.92 Å². The van der Waals surface area contributed by atoms with E-state index in [0.717, 1.165) is 29.0 Å². The van der Waals surface area contributed by atoms with Crippen LogP contribution >= 0.6 is 11.3 Å². The Morgan fingerprint density at radius 3 is 3.00 bits per heavy atom. The largest absolute Gasteiger partial charge is 0.324 e. The summed E-state index contributed by atoms with van der Waals surface area (Å²) in [5, 5.41) is 15.8. The Morgan fingerprint density at radius 2 is 2.33 bits per heavy atom. The molecule has 0 atom stereocenters. The molecule has 0 aromatic carbocycles. The molecule has 5 nitrogen and oxygen atoms in total. The van der Waals surface area contributed by atoms with Gasteiger partial charge in [0.05, 0.1) is 4.92 Å². The van der Waals surface area contributed by atoms with Crippen LogP contribution in [0.25, 0.3) is 0 Å². The van der Waals surface area contributed by atoms with E-state index < -0.39 is 0 Å². The normalized spacial score (nSPS) is 10.5. The second-order valence-corrected chi connectivity index (χ2v) is 4.85. The summed E-state index contributed by atoms with van der Waals surface area (Å²) in [7, 11) is 0. The van der Waals surface area contributed by atoms with E-state index in [4.69, 9.17) is 0 Å². The van der Waals surface area contributed by atoms with Crippen molar-refractivity contribution in [1.82, 2.24) is 10.3 Å². The van der Waals surface area contributed by atoms with Crippen LogP contribution in [0.5, 0.6) is 0 Å². The minimum absolute atomic E-state index is 0.187. The van der Waals surface area contributed by atoms with E-state index >= 15 is 0 Å². The number of nitro groups is 1. The van der Waals surface area contributed by atoms with Gasteiger partial charge in [-0.3, -0.25) is 15.1 Å². The van der Waals surface area contributed by atoms with Crippen LogP contribution in [0.3, 0.4) is 0 Å². The highest BCUT2D eigenvalue weighted by atomic mass is 32.1. The van der Waals surface area contributed by atoms with Gasteiger partial charge in [0.25, 0.3) is 0 Å². The summed E-state index contributed by atoms with van der Waals surface area (Å²) in [4.78, 5) is 14.2. The fraction of sp³-hybridized carbons (Fsp3) is 0.250. The number of rotatable bonds is 5. The SMILES string of the molecule is Cc1cnccc1CNCc1csc([N+](=O)[O-])c1. The first kappa shape index (κ1) is 12.7. The van der Waals surface area contributed by atoms with Crippen LogP contribution in [-0.4, -0.2) is 9.91 Å². The second-order valence-electron chi connectivity index (χ2n) is 3.96. The van der Waals surface area contributed by atoms with Crippen molar-refractivity contribution >= 4 is 16.3 Å². The lowest BCUT2D eigenvalue weighted by Crippen LogP contribution is -2.13. The van der Waals surface area contributed by atoms with Gasteiger partial charge >= 0.3 is 5.00 Å². The molecule has 0 aliphatic carbocycles. The standard InChI is InChI=1S/C12H13N3O2S/c1-9-5-13-3-2-11(9)7-14-6-10-4-12(15(16)17)18-8-10/h2-5,8,14H,6-7H2,1H3. The smallest absolute Gasteiger partial charge is 0.309 e. The van der Waals surface area contributed by atoms with Crippen molar-refractivity contribution in [1.29, 1.82) is 0 Å². The molecule has 0 saturated heterocycles. The molecular weight excluding hydrogens is 250 g/mol. The predicted molar refractivity (Wildman–Crippen MR) is 70.5 cm³/mol. The molecular formula is C12H13N3O2S. The van der Waals surface area contributed by atoms with Gasteiger partial charge in [0.2, 0.25) is 0 Å². The number of nitrogens with one attached hydrogen (secondary N) is 1. The van der Waals surface area contributed by atoms with E-state index in [1.54, 1.807) is 12.3 Å². The zero-order chi connectivity index (χ0) is 13.0. The van der Waals surface area contributed by atoms with Gasteiger partial charge in [0.15, 0.2) is 0 Å². The van der Waals surface area contributed by atoms with Gasteiger partial charge in [-0.15, -0.1) is 0 Å². The first-order chi connectivity index (χ1) is 8.66. The molecule has 0 radical (unpaired) electrons. The fourth-order valence-corrected chi connectivity index (χ4v) is 2.32. The number of pyridine rings is 1. The van der Waals surface area contributed by atoms with E-state index in [9.17, 15) is 10.1 Å². The third-order valence-electron chi connectivity index (χ3n) is 2.60. The van der Waals surface area contributed by atoms with E-state index in [1.165, 1.54) is 5.56 Å². The molecule has 6 heteroatoms. The molecule has 0 saturated carbocycles. The van der Waals surface area contributed by atoms with Gasteiger partial charge in [-0.1, -0.05) is 11.3 Å². The van der Waals surface area contributed by atoms with Crippen molar-refractivity contribution in [3.63, 3.8) is 0 Å². The average Bonchev–Trinajstić information content (AvgIpc) is 2.80. The topological polar surface area (TPSA) is 68.1 Å². The Morgan fingerprint density at radius 1 is 1.50 bits per heavy atom. The summed E-state index contributed by atoms with van der Waals surface area (Å²) in [6, 6.07) is 3.58. The molecule has 1 N–H and O–H groups in total. The Hall–Kier alpha value is -1.79.